The Hall–Kier alpha value is -0.870. The summed E-state index contributed by atoms with van der Waals surface area (Å²) in [6.45, 7) is 4.34. The molecule has 88 valence electrons. The zero-order chi connectivity index (χ0) is 11.7. The van der Waals surface area contributed by atoms with Gasteiger partial charge in [0.1, 0.15) is 12.4 Å². The van der Waals surface area contributed by atoms with Crippen LogP contribution in [0.15, 0.2) is 24.3 Å². The van der Waals surface area contributed by atoms with Crippen molar-refractivity contribution in [2.24, 2.45) is 5.73 Å². The molecule has 0 radical (unpaired) electrons. The molecule has 2 N–H and O–H groups in total. The Kier molecular flexibility index (Phi) is 3.30. The van der Waals surface area contributed by atoms with Crippen molar-refractivity contribution in [2.75, 3.05) is 6.61 Å². The van der Waals surface area contributed by atoms with E-state index in [1.54, 1.807) is 0 Å². The van der Waals surface area contributed by atoms with E-state index in [9.17, 15) is 4.21 Å². The first kappa shape index (κ1) is 11.6. The Balaban J connectivity index is 2.28. The van der Waals surface area contributed by atoms with Crippen LogP contribution in [0.1, 0.15) is 25.5 Å². The van der Waals surface area contributed by atoms with Crippen LogP contribution in [-0.4, -0.2) is 21.3 Å². The van der Waals surface area contributed by atoms with Crippen LogP contribution < -0.4 is 10.5 Å². The van der Waals surface area contributed by atoms with Gasteiger partial charge in [0.25, 0.3) is 0 Å². The van der Waals surface area contributed by atoms with E-state index in [4.69, 9.17) is 10.5 Å². The van der Waals surface area contributed by atoms with Crippen LogP contribution in [0.3, 0.4) is 0 Å². The van der Waals surface area contributed by atoms with E-state index in [1.807, 2.05) is 38.1 Å². The standard InChI is InChI=1S/C12H17NO2S/c1-8(2)16(14)11-7-15-10-6-4-3-5-9(10)12(11)13/h3-6,8,11-12H,7,13H2,1-2H3. The SMILES string of the molecule is CC(C)S(=O)C1COc2ccccc2C1N. The van der Waals surface area contributed by atoms with E-state index in [0.717, 1.165) is 11.3 Å². The van der Waals surface area contributed by atoms with Crippen molar-refractivity contribution < 1.29 is 8.95 Å². The quantitative estimate of drug-likeness (QED) is 0.853. The summed E-state index contributed by atoms with van der Waals surface area (Å²) in [4.78, 5) is 0. The summed E-state index contributed by atoms with van der Waals surface area (Å²) in [5, 5.41) is 0.0137. The van der Waals surface area contributed by atoms with Gasteiger partial charge in [0.15, 0.2) is 0 Å². The van der Waals surface area contributed by atoms with Crippen LogP contribution in [0.25, 0.3) is 0 Å². The maximum Gasteiger partial charge on any atom is 0.124 e. The van der Waals surface area contributed by atoms with E-state index >= 15 is 0 Å². The smallest absolute Gasteiger partial charge is 0.124 e. The van der Waals surface area contributed by atoms with Gasteiger partial charge in [-0.25, -0.2) is 0 Å². The van der Waals surface area contributed by atoms with Crippen molar-refractivity contribution in [3.8, 4) is 5.75 Å². The molecule has 2 rings (SSSR count). The van der Waals surface area contributed by atoms with Gasteiger partial charge in [0, 0.05) is 21.6 Å². The van der Waals surface area contributed by atoms with E-state index < -0.39 is 10.8 Å². The Labute approximate surface area is 98.4 Å². The van der Waals surface area contributed by atoms with Crippen LogP contribution in [0.5, 0.6) is 5.75 Å². The minimum absolute atomic E-state index is 0.102. The molecule has 0 spiro atoms. The Bertz CT molecular complexity index is 406. The lowest BCUT2D eigenvalue weighted by Gasteiger charge is -2.31. The molecule has 0 saturated carbocycles. The van der Waals surface area contributed by atoms with Gasteiger partial charge in [-0.15, -0.1) is 0 Å². The van der Waals surface area contributed by atoms with Gasteiger partial charge < -0.3 is 10.5 Å². The molecule has 0 fully saturated rings. The fraction of sp³-hybridized carbons (Fsp3) is 0.500. The second-order valence-electron chi connectivity index (χ2n) is 4.29. The highest BCUT2D eigenvalue weighted by atomic mass is 32.2. The predicted molar refractivity (Wildman–Crippen MR) is 65.9 cm³/mol. The summed E-state index contributed by atoms with van der Waals surface area (Å²) in [7, 11) is -0.946. The molecule has 1 heterocycles. The highest BCUT2D eigenvalue weighted by molar-refractivity contribution is 7.86. The van der Waals surface area contributed by atoms with E-state index in [0.29, 0.717) is 6.61 Å². The van der Waals surface area contributed by atoms with Gasteiger partial charge in [-0.2, -0.15) is 0 Å². The van der Waals surface area contributed by atoms with Gasteiger partial charge in [-0.05, 0) is 6.07 Å². The molecule has 4 heteroatoms. The van der Waals surface area contributed by atoms with Crippen molar-refractivity contribution in [3.05, 3.63) is 29.8 Å². The summed E-state index contributed by atoms with van der Waals surface area (Å²) in [5.41, 5.74) is 7.12. The molecule has 0 aromatic heterocycles. The first-order chi connectivity index (χ1) is 7.61. The average Bonchev–Trinajstić information content (AvgIpc) is 2.29. The zero-order valence-electron chi connectivity index (χ0n) is 9.55. The molecular weight excluding hydrogens is 222 g/mol. The lowest BCUT2D eigenvalue weighted by molar-refractivity contribution is 0.273. The summed E-state index contributed by atoms with van der Waals surface area (Å²) in [5.74, 6) is 0.826. The van der Waals surface area contributed by atoms with Crippen molar-refractivity contribution >= 4 is 10.8 Å². The largest absolute Gasteiger partial charge is 0.492 e. The van der Waals surface area contributed by atoms with Crippen molar-refractivity contribution in [2.45, 2.75) is 30.4 Å². The molecule has 1 aromatic carbocycles. The Morgan fingerprint density at radius 2 is 2.12 bits per heavy atom. The van der Waals surface area contributed by atoms with Crippen LogP contribution in [0.4, 0.5) is 0 Å². The second-order valence-corrected chi connectivity index (χ2v) is 6.50. The molecule has 1 aliphatic heterocycles. The highest BCUT2D eigenvalue weighted by Crippen LogP contribution is 2.32. The van der Waals surface area contributed by atoms with Gasteiger partial charge in [0.05, 0.1) is 11.3 Å². The summed E-state index contributed by atoms with van der Waals surface area (Å²) in [6.07, 6.45) is 0. The van der Waals surface area contributed by atoms with Gasteiger partial charge >= 0.3 is 0 Å². The molecule has 1 aliphatic rings. The molecule has 1 aromatic rings. The number of para-hydroxylation sites is 1. The van der Waals surface area contributed by atoms with E-state index in [1.165, 1.54) is 0 Å². The third kappa shape index (κ3) is 1.99. The third-order valence-electron chi connectivity index (χ3n) is 2.84. The fourth-order valence-corrected chi connectivity index (χ4v) is 3.26. The molecule has 0 amide bonds. The van der Waals surface area contributed by atoms with Crippen molar-refractivity contribution in [1.29, 1.82) is 0 Å². The summed E-state index contributed by atoms with van der Waals surface area (Å²) in [6, 6.07) is 7.52. The minimum atomic E-state index is -0.946. The van der Waals surface area contributed by atoms with Crippen LogP contribution in [0, 0.1) is 0 Å². The predicted octanol–water partition coefficient (Wildman–Crippen LogP) is 1.60. The second kappa shape index (κ2) is 4.55. The highest BCUT2D eigenvalue weighted by Gasteiger charge is 2.33. The van der Waals surface area contributed by atoms with Gasteiger partial charge in [-0.3, -0.25) is 4.21 Å². The Morgan fingerprint density at radius 1 is 1.44 bits per heavy atom. The number of fused-ring (bicyclic) bond motifs is 1. The van der Waals surface area contributed by atoms with E-state index in [-0.39, 0.29) is 16.5 Å². The molecule has 0 saturated heterocycles. The topological polar surface area (TPSA) is 52.3 Å². The summed E-state index contributed by atoms with van der Waals surface area (Å²) < 4.78 is 17.7. The number of hydrogen-bond acceptors (Lipinski definition) is 3. The minimum Gasteiger partial charge on any atom is -0.492 e. The number of nitrogens with two attached hydrogens (primary N) is 1. The molecule has 3 atom stereocenters. The molecule has 0 aliphatic carbocycles. The fourth-order valence-electron chi connectivity index (χ4n) is 1.92. The van der Waals surface area contributed by atoms with Gasteiger partial charge in [-0.1, -0.05) is 32.0 Å². The first-order valence-electron chi connectivity index (χ1n) is 5.48. The number of benzene rings is 1. The maximum absolute atomic E-state index is 12.1. The van der Waals surface area contributed by atoms with Crippen LogP contribution in [-0.2, 0) is 10.8 Å². The lowest BCUT2D eigenvalue weighted by Crippen LogP contribution is -2.41. The molecule has 3 unspecified atom stereocenters. The zero-order valence-corrected chi connectivity index (χ0v) is 10.4. The van der Waals surface area contributed by atoms with E-state index in [2.05, 4.69) is 0 Å². The summed E-state index contributed by atoms with van der Waals surface area (Å²) >= 11 is 0. The van der Waals surface area contributed by atoms with Crippen molar-refractivity contribution in [3.63, 3.8) is 0 Å². The number of hydrogen-bond donors (Lipinski definition) is 1. The maximum atomic E-state index is 12.1. The first-order valence-corrected chi connectivity index (χ1v) is 6.75. The monoisotopic (exact) mass is 239 g/mol. The molecular formula is C12H17NO2S. The lowest BCUT2D eigenvalue weighted by atomic mass is 10.0. The normalized spacial score (nSPS) is 26.0. The van der Waals surface area contributed by atoms with Crippen LogP contribution >= 0.6 is 0 Å². The molecule has 0 bridgehead atoms. The Morgan fingerprint density at radius 3 is 2.81 bits per heavy atom. The van der Waals surface area contributed by atoms with Crippen LogP contribution in [0.2, 0.25) is 0 Å². The number of rotatable bonds is 2. The van der Waals surface area contributed by atoms with Gasteiger partial charge in [0.2, 0.25) is 0 Å². The molecule has 3 nitrogen and oxygen atoms in total. The third-order valence-corrected chi connectivity index (χ3v) is 4.80. The van der Waals surface area contributed by atoms with Crippen molar-refractivity contribution in [1.82, 2.24) is 0 Å². The average molecular weight is 239 g/mol. The number of ether oxygens (including phenoxy) is 1. The molecule has 16 heavy (non-hydrogen) atoms.